The van der Waals surface area contributed by atoms with E-state index in [0.29, 0.717) is 16.2 Å². The van der Waals surface area contributed by atoms with Crippen LogP contribution in [0.3, 0.4) is 0 Å². The minimum atomic E-state index is -0.629. The van der Waals surface area contributed by atoms with E-state index >= 15 is 0 Å². The van der Waals surface area contributed by atoms with Gasteiger partial charge in [-0.05, 0) is 41.9 Å². The molecule has 0 atom stereocenters. The predicted molar refractivity (Wildman–Crippen MR) is 62.9 cm³/mol. The van der Waals surface area contributed by atoms with Crippen LogP contribution in [0.25, 0.3) is 0 Å². The van der Waals surface area contributed by atoms with Crippen LogP contribution in [0.1, 0.15) is 53.4 Å². The fourth-order valence-electron chi connectivity index (χ4n) is 4.16. The van der Waals surface area contributed by atoms with Gasteiger partial charge in [0, 0.05) is 0 Å². The van der Waals surface area contributed by atoms with Gasteiger partial charge in [-0.1, -0.05) is 27.7 Å². The Kier molecular flexibility index (Phi) is 2.31. The molecule has 3 heteroatoms. The summed E-state index contributed by atoms with van der Waals surface area (Å²) in [6, 6.07) is 0. The number of nitrogens with two attached hydrogens (primary N) is 1. The van der Waals surface area contributed by atoms with E-state index < -0.39 is 6.09 Å². The SMILES string of the molecule is CC1(C)C(C)(C)C12CCC(OC(N)=O)CC2. The molecule has 2 aliphatic rings. The summed E-state index contributed by atoms with van der Waals surface area (Å²) >= 11 is 0. The lowest BCUT2D eigenvalue weighted by atomic mass is 9.78. The predicted octanol–water partition coefficient (Wildman–Crippen LogP) is 3.08. The quantitative estimate of drug-likeness (QED) is 0.745. The van der Waals surface area contributed by atoms with Crippen molar-refractivity contribution in [2.45, 2.75) is 59.5 Å². The van der Waals surface area contributed by atoms with E-state index in [-0.39, 0.29) is 6.10 Å². The fraction of sp³-hybridized carbons (Fsp3) is 0.923. The van der Waals surface area contributed by atoms with Gasteiger partial charge in [0.05, 0.1) is 0 Å². The standard InChI is InChI=1S/C13H23NO2/c1-11(2)12(3,4)13(11)7-5-9(6-8-13)16-10(14)15/h9H,5-8H2,1-4H3,(H2,14,15). The zero-order chi connectivity index (χ0) is 12.2. The number of hydrogen-bond acceptors (Lipinski definition) is 2. The number of amides is 1. The molecule has 1 amide bonds. The number of primary amides is 1. The average Bonchev–Trinajstić information content (AvgIpc) is 2.47. The monoisotopic (exact) mass is 225 g/mol. The summed E-state index contributed by atoms with van der Waals surface area (Å²) in [7, 11) is 0. The summed E-state index contributed by atoms with van der Waals surface area (Å²) in [5, 5.41) is 0. The number of carbonyl (C=O) groups excluding carboxylic acids is 1. The third-order valence-corrected chi connectivity index (χ3v) is 5.96. The fourth-order valence-corrected chi connectivity index (χ4v) is 4.16. The Bertz CT molecular complexity index is 296. The minimum absolute atomic E-state index is 0.0512. The second kappa shape index (κ2) is 3.14. The van der Waals surface area contributed by atoms with E-state index in [2.05, 4.69) is 27.7 Å². The summed E-state index contributed by atoms with van der Waals surface area (Å²) in [4.78, 5) is 10.7. The van der Waals surface area contributed by atoms with Gasteiger partial charge in [-0.15, -0.1) is 0 Å². The molecule has 2 aliphatic carbocycles. The number of rotatable bonds is 1. The maximum Gasteiger partial charge on any atom is 0.404 e. The van der Waals surface area contributed by atoms with Crippen LogP contribution in [0.2, 0.25) is 0 Å². The van der Waals surface area contributed by atoms with Crippen LogP contribution >= 0.6 is 0 Å². The molecule has 16 heavy (non-hydrogen) atoms. The lowest BCUT2D eigenvalue weighted by Crippen LogP contribution is -2.29. The van der Waals surface area contributed by atoms with Gasteiger partial charge in [-0.3, -0.25) is 0 Å². The van der Waals surface area contributed by atoms with Crippen LogP contribution in [0.5, 0.6) is 0 Å². The van der Waals surface area contributed by atoms with Gasteiger partial charge < -0.3 is 10.5 Å². The molecule has 2 saturated carbocycles. The molecule has 2 N–H and O–H groups in total. The molecule has 0 heterocycles. The van der Waals surface area contributed by atoms with Crippen molar-refractivity contribution >= 4 is 6.09 Å². The van der Waals surface area contributed by atoms with Gasteiger partial charge in [-0.25, -0.2) is 4.79 Å². The number of hydrogen-bond donors (Lipinski definition) is 1. The highest BCUT2D eigenvalue weighted by Crippen LogP contribution is 2.82. The molecule has 0 unspecified atom stereocenters. The minimum Gasteiger partial charge on any atom is -0.446 e. The van der Waals surface area contributed by atoms with Crippen LogP contribution in [-0.2, 0) is 4.74 Å². The van der Waals surface area contributed by atoms with Crippen molar-refractivity contribution in [2.75, 3.05) is 0 Å². The second-order valence-corrected chi connectivity index (χ2v) is 6.47. The normalized spacial score (nSPS) is 30.0. The van der Waals surface area contributed by atoms with Crippen molar-refractivity contribution in [3.05, 3.63) is 0 Å². The van der Waals surface area contributed by atoms with Crippen molar-refractivity contribution in [3.63, 3.8) is 0 Å². The molecular formula is C13H23NO2. The van der Waals surface area contributed by atoms with Gasteiger partial charge >= 0.3 is 6.09 Å². The van der Waals surface area contributed by atoms with Crippen LogP contribution in [0, 0.1) is 16.2 Å². The molecule has 3 nitrogen and oxygen atoms in total. The van der Waals surface area contributed by atoms with E-state index in [1.54, 1.807) is 0 Å². The summed E-state index contributed by atoms with van der Waals surface area (Å²) < 4.78 is 5.09. The summed E-state index contributed by atoms with van der Waals surface area (Å²) in [5.74, 6) is 0. The maximum atomic E-state index is 10.7. The number of carbonyl (C=O) groups is 1. The average molecular weight is 225 g/mol. The van der Waals surface area contributed by atoms with Crippen LogP contribution in [-0.4, -0.2) is 12.2 Å². The second-order valence-electron chi connectivity index (χ2n) is 6.47. The Hall–Kier alpha value is -0.730. The molecule has 0 radical (unpaired) electrons. The molecule has 0 aromatic rings. The van der Waals surface area contributed by atoms with Crippen molar-refractivity contribution in [3.8, 4) is 0 Å². The third kappa shape index (κ3) is 1.23. The smallest absolute Gasteiger partial charge is 0.404 e. The molecule has 0 saturated heterocycles. The first-order valence-electron chi connectivity index (χ1n) is 6.21. The first-order chi connectivity index (χ1) is 7.24. The highest BCUT2D eigenvalue weighted by Gasteiger charge is 2.76. The van der Waals surface area contributed by atoms with Crippen LogP contribution in [0.4, 0.5) is 4.79 Å². The van der Waals surface area contributed by atoms with Gasteiger partial charge in [0.25, 0.3) is 0 Å². The highest BCUT2D eigenvalue weighted by atomic mass is 16.6. The largest absolute Gasteiger partial charge is 0.446 e. The van der Waals surface area contributed by atoms with Gasteiger partial charge in [0.15, 0.2) is 0 Å². The maximum absolute atomic E-state index is 10.7. The molecule has 1 spiro atoms. The van der Waals surface area contributed by atoms with E-state index in [1.165, 1.54) is 0 Å². The summed E-state index contributed by atoms with van der Waals surface area (Å²) in [5.41, 5.74) is 6.34. The molecule has 92 valence electrons. The Morgan fingerprint density at radius 3 is 1.88 bits per heavy atom. The Morgan fingerprint density at radius 2 is 1.56 bits per heavy atom. The Balaban J connectivity index is 1.99. The van der Waals surface area contributed by atoms with Gasteiger partial charge in [-0.2, -0.15) is 0 Å². The van der Waals surface area contributed by atoms with Gasteiger partial charge in [0.2, 0.25) is 0 Å². The first kappa shape index (κ1) is 11.7. The molecule has 0 aromatic carbocycles. The van der Waals surface area contributed by atoms with E-state index in [1.807, 2.05) is 0 Å². The van der Waals surface area contributed by atoms with Gasteiger partial charge in [0.1, 0.15) is 6.10 Å². The van der Waals surface area contributed by atoms with Crippen molar-refractivity contribution in [1.82, 2.24) is 0 Å². The summed E-state index contributed by atoms with van der Waals surface area (Å²) in [6.45, 7) is 9.45. The molecule has 0 aliphatic heterocycles. The third-order valence-electron chi connectivity index (χ3n) is 5.96. The van der Waals surface area contributed by atoms with Crippen LogP contribution < -0.4 is 5.73 Å². The topological polar surface area (TPSA) is 52.3 Å². The van der Waals surface area contributed by atoms with Crippen molar-refractivity contribution < 1.29 is 9.53 Å². The highest BCUT2D eigenvalue weighted by molar-refractivity contribution is 5.64. The molecule has 0 aromatic heterocycles. The van der Waals surface area contributed by atoms with E-state index in [4.69, 9.17) is 10.5 Å². The summed E-state index contributed by atoms with van der Waals surface area (Å²) in [6.07, 6.45) is 3.67. The van der Waals surface area contributed by atoms with Crippen molar-refractivity contribution in [2.24, 2.45) is 22.0 Å². The Morgan fingerprint density at radius 1 is 1.12 bits per heavy atom. The first-order valence-corrected chi connectivity index (χ1v) is 6.21. The molecule has 0 bridgehead atoms. The lowest BCUT2D eigenvalue weighted by Gasteiger charge is -2.31. The molecule has 2 rings (SSSR count). The van der Waals surface area contributed by atoms with Crippen LogP contribution in [0.15, 0.2) is 0 Å². The van der Waals surface area contributed by atoms with Crippen molar-refractivity contribution in [1.29, 1.82) is 0 Å². The Labute approximate surface area is 97.7 Å². The number of ether oxygens (including phenoxy) is 1. The van der Waals surface area contributed by atoms with E-state index in [9.17, 15) is 4.79 Å². The molecular weight excluding hydrogens is 202 g/mol. The zero-order valence-corrected chi connectivity index (χ0v) is 10.8. The lowest BCUT2D eigenvalue weighted by molar-refractivity contribution is 0.0564. The zero-order valence-electron chi connectivity index (χ0n) is 10.8. The van der Waals surface area contributed by atoms with E-state index in [0.717, 1.165) is 25.7 Å². The molecule has 2 fully saturated rings.